The van der Waals surface area contributed by atoms with E-state index in [9.17, 15) is 5.21 Å². The van der Waals surface area contributed by atoms with Crippen molar-refractivity contribution in [3.8, 4) is 0 Å². The van der Waals surface area contributed by atoms with Crippen LogP contribution in [0.1, 0.15) is 57.6 Å². The van der Waals surface area contributed by atoms with Crippen molar-refractivity contribution in [3.05, 3.63) is 77.0 Å². The number of benzene rings is 2. The molecule has 0 aromatic heterocycles. The summed E-state index contributed by atoms with van der Waals surface area (Å²) >= 11 is 0. The van der Waals surface area contributed by atoms with Crippen molar-refractivity contribution in [2.45, 2.75) is 63.5 Å². The lowest BCUT2D eigenvalue weighted by molar-refractivity contribution is -0.720. The third kappa shape index (κ3) is 4.29. The van der Waals surface area contributed by atoms with Gasteiger partial charge < -0.3 is 10.0 Å². The smallest absolute Gasteiger partial charge is 0.233 e. The minimum atomic E-state index is -0.309. The third-order valence-corrected chi connectivity index (χ3v) is 5.93. The molecule has 0 bridgehead atoms. The summed E-state index contributed by atoms with van der Waals surface area (Å²) < 4.78 is 0. The fraction of sp³-hybridized carbons (Fsp3) is 0.478. The van der Waals surface area contributed by atoms with Crippen LogP contribution in [0, 0.1) is 5.21 Å². The van der Waals surface area contributed by atoms with Gasteiger partial charge in [0.25, 0.3) is 0 Å². The maximum Gasteiger partial charge on any atom is 0.233 e. The van der Waals surface area contributed by atoms with Crippen molar-refractivity contribution in [2.75, 3.05) is 7.05 Å². The van der Waals surface area contributed by atoms with Crippen molar-refractivity contribution in [1.29, 1.82) is 0 Å². The van der Waals surface area contributed by atoms with Crippen LogP contribution in [0.3, 0.4) is 0 Å². The monoisotopic (exact) mass is 381 g/mol. The molecule has 2 aromatic rings. The lowest BCUT2D eigenvalue weighted by atomic mass is 9.65. The van der Waals surface area contributed by atoms with Gasteiger partial charge in [-0.1, -0.05) is 60.7 Å². The average Bonchev–Trinajstić information content (AvgIpc) is 2.72. The van der Waals surface area contributed by atoms with Gasteiger partial charge in [-0.2, -0.15) is 0 Å². The van der Waals surface area contributed by atoms with Gasteiger partial charge in [0.15, 0.2) is 0 Å². The molecular formula is C23H31N3O2. The van der Waals surface area contributed by atoms with E-state index in [4.69, 9.17) is 4.84 Å². The summed E-state index contributed by atoms with van der Waals surface area (Å²) in [5.74, 6) is 0. The molecule has 0 aliphatic heterocycles. The van der Waals surface area contributed by atoms with Crippen molar-refractivity contribution in [1.82, 2.24) is 5.01 Å². The zero-order valence-electron chi connectivity index (χ0n) is 17.3. The van der Waals surface area contributed by atoms with Crippen LogP contribution in [-0.4, -0.2) is 28.7 Å². The molecule has 0 unspecified atom stereocenters. The van der Waals surface area contributed by atoms with Crippen LogP contribution < -0.4 is 0 Å². The molecule has 0 N–H and O–H groups in total. The topological polar surface area (TPSA) is 50.9 Å². The van der Waals surface area contributed by atoms with Crippen LogP contribution in [-0.2, 0) is 10.3 Å². The quantitative estimate of drug-likeness (QED) is 0.393. The first kappa shape index (κ1) is 20.2. The van der Waals surface area contributed by atoms with Crippen LogP contribution in [0.4, 0.5) is 0 Å². The maximum absolute atomic E-state index is 12.2. The van der Waals surface area contributed by atoms with Gasteiger partial charge in [-0.15, -0.1) is 5.01 Å². The van der Waals surface area contributed by atoms with Gasteiger partial charge in [0, 0.05) is 5.41 Å². The number of rotatable bonds is 5. The summed E-state index contributed by atoms with van der Waals surface area (Å²) in [5.41, 5.74) is 2.36. The molecule has 2 aromatic carbocycles. The molecule has 3 rings (SSSR count). The number of hydrogen-bond acceptors (Lipinski definition) is 3. The average molecular weight is 382 g/mol. The lowest BCUT2D eigenvalue weighted by Gasteiger charge is -2.40. The summed E-state index contributed by atoms with van der Waals surface area (Å²) in [6, 6.07) is 21.4. The van der Waals surface area contributed by atoms with E-state index < -0.39 is 0 Å². The van der Waals surface area contributed by atoms with Crippen LogP contribution in [0.5, 0.6) is 0 Å². The number of hydrogen-bond donors (Lipinski definition) is 0. The fourth-order valence-electron chi connectivity index (χ4n) is 3.87. The Hall–Kier alpha value is -2.56. The van der Waals surface area contributed by atoms with E-state index in [0.29, 0.717) is 4.97 Å². The fourth-order valence-corrected chi connectivity index (χ4v) is 3.87. The highest BCUT2D eigenvalue weighted by atomic mass is 16.7. The van der Waals surface area contributed by atoms with Crippen LogP contribution in [0.15, 0.2) is 65.9 Å². The van der Waals surface area contributed by atoms with E-state index in [1.807, 2.05) is 20.8 Å². The van der Waals surface area contributed by atoms with E-state index >= 15 is 0 Å². The van der Waals surface area contributed by atoms with Gasteiger partial charge in [0.05, 0.1) is 17.6 Å². The van der Waals surface area contributed by atoms with Crippen molar-refractivity contribution in [3.63, 3.8) is 0 Å². The van der Waals surface area contributed by atoms with Crippen molar-refractivity contribution >= 4 is 0 Å². The molecular weight excluding hydrogens is 350 g/mol. The van der Waals surface area contributed by atoms with Crippen molar-refractivity contribution in [2.24, 2.45) is 5.28 Å². The zero-order chi connectivity index (χ0) is 20.2. The highest BCUT2D eigenvalue weighted by molar-refractivity contribution is 5.39. The first-order valence-corrected chi connectivity index (χ1v) is 10.0. The summed E-state index contributed by atoms with van der Waals surface area (Å²) in [6.07, 6.45) is 3.62. The molecule has 0 spiro atoms. The first-order valence-electron chi connectivity index (χ1n) is 10.0. The molecule has 1 saturated carbocycles. The highest BCUT2D eigenvalue weighted by Gasteiger charge is 2.39. The molecule has 5 heteroatoms. The standard InChI is InChI=1S/C23H31N3O2/c1-22(2,3)25(4)26(27)24-28-21-15-17-23(18-16-21,19-11-7-5-8-12-19)20-13-9-6-10-14-20/h5-14,21H,15-18H2,1-4H3/b26-24-. The molecule has 1 fully saturated rings. The predicted octanol–water partition coefficient (Wildman–Crippen LogP) is 5.45. The van der Waals surface area contributed by atoms with Crippen LogP contribution >= 0.6 is 0 Å². The third-order valence-electron chi connectivity index (χ3n) is 5.93. The molecule has 28 heavy (non-hydrogen) atoms. The second-order valence-corrected chi connectivity index (χ2v) is 8.65. The van der Waals surface area contributed by atoms with E-state index in [1.165, 1.54) is 16.1 Å². The molecule has 5 nitrogen and oxygen atoms in total. The molecule has 150 valence electrons. The summed E-state index contributed by atoms with van der Waals surface area (Å²) in [4.78, 5) is 6.17. The normalized spacial score (nSPS) is 17.9. The Bertz CT molecular complexity index is 735. The SMILES string of the molecule is CN(/[N+]([O-])=N/OC1CCC(c2ccccc2)(c2ccccc2)CC1)C(C)(C)C. The Labute approximate surface area is 168 Å². The molecule has 1 aliphatic rings. The Kier molecular flexibility index (Phi) is 5.92. The van der Waals surface area contributed by atoms with E-state index in [-0.39, 0.29) is 17.1 Å². The molecule has 0 atom stereocenters. The zero-order valence-corrected chi connectivity index (χ0v) is 17.3. The summed E-state index contributed by atoms with van der Waals surface area (Å²) in [6.45, 7) is 5.88. The molecule has 0 amide bonds. The maximum atomic E-state index is 12.2. The molecule has 0 radical (unpaired) electrons. The van der Waals surface area contributed by atoms with Crippen LogP contribution in [0.2, 0.25) is 0 Å². The van der Waals surface area contributed by atoms with Gasteiger partial charge in [-0.3, -0.25) is 0 Å². The van der Waals surface area contributed by atoms with E-state index in [0.717, 1.165) is 25.7 Å². The summed E-state index contributed by atoms with van der Waals surface area (Å²) in [5, 5.41) is 17.5. The van der Waals surface area contributed by atoms with Gasteiger partial charge in [0.1, 0.15) is 6.10 Å². The lowest BCUT2D eigenvalue weighted by Crippen LogP contribution is -2.42. The minimum Gasteiger partial charge on any atom is -0.569 e. The van der Waals surface area contributed by atoms with Gasteiger partial charge >= 0.3 is 0 Å². The number of hydrazine groups is 1. The first-order chi connectivity index (χ1) is 13.3. The Morgan fingerprint density at radius 3 is 1.86 bits per heavy atom. The Morgan fingerprint density at radius 2 is 1.43 bits per heavy atom. The Balaban J connectivity index is 1.74. The Morgan fingerprint density at radius 1 is 0.964 bits per heavy atom. The highest BCUT2D eigenvalue weighted by Crippen LogP contribution is 2.45. The van der Waals surface area contributed by atoms with Gasteiger partial charge in [-0.25, -0.2) is 0 Å². The molecule has 1 aliphatic carbocycles. The van der Waals surface area contributed by atoms with E-state index in [1.54, 1.807) is 7.05 Å². The van der Waals surface area contributed by atoms with E-state index in [2.05, 4.69) is 65.9 Å². The molecule has 0 saturated heterocycles. The second kappa shape index (κ2) is 8.21. The van der Waals surface area contributed by atoms with Gasteiger partial charge in [-0.05, 0) is 57.6 Å². The predicted molar refractivity (Wildman–Crippen MR) is 111 cm³/mol. The van der Waals surface area contributed by atoms with Crippen molar-refractivity contribution < 1.29 is 9.81 Å². The van der Waals surface area contributed by atoms with Crippen LogP contribution in [0.25, 0.3) is 0 Å². The van der Waals surface area contributed by atoms with Gasteiger partial charge in [0.2, 0.25) is 5.28 Å². The summed E-state index contributed by atoms with van der Waals surface area (Å²) in [7, 11) is 1.72. The minimum absolute atomic E-state index is 0.0122. The largest absolute Gasteiger partial charge is 0.569 e. The second-order valence-electron chi connectivity index (χ2n) is 8.65. The number of nitrogens with zero attached hydrogens (tertiary/aromatic N) is 3. The molecule has 0 heterocycles.